The maximum atomic E-state index is 13.9. The number of aromatic nitrogens is 2. The van der Waals surface area contributed by atoms with Crippen molar-refractivity contribution < 1.29 is 23.2 Å². The topological polar surface area (TPSA) is 77.7 Å². The molecular formula is C21H26FN3O4. The van der Waals surface area contributed by atoms with Crippen molar-refractivity contribution in [1.82, 2.24) is 15.0 Å². The molecule has 0 radical (unpaired) electrons. The Kier molecular flexibility index (Phi) is 6.51. The summed E-state index contributed by atoms with van der Waals surface area (Å²) in [4.78, 5) is 18.7. The maximum Gasteiger partial charge on any atom is 0.256 e. The summed E-state index contributed by atoms with van der Waals surface area (Å²) in [5.41, 5.74) is 0.0982. The van der Waals surface area contributed by atoms with Crippen molar-refractivity contribution in [2.45, 2.75) is 31.6 Å². The highest BCUT2D eigenvalue weighted by Gasteiger charge is 2.32. The quantitative estimate of drug-likeness (QED) is 0.662. The highest BCUT2D eigenvalue weighted by molar-refractivity contribution is 5.94. The Balaban J connectivity index is 1.24. The van der Waals surface area contributed by atoms with Crippen LogP contribution in [0.5, 0.6) is 0 Å². The van der Waals surface area contributed by atoms with Crippen LogP contribution in [0.15, 0.2) is 28.8 Å². The minimum atomic E-state index is -0.498. The van der Waals surface area contributed by atoms with Crippen molar-refractivity contribution in [2.24, 2.45) is 5.92 Å². The first kappa shape index (κ1) is 20.0. The van der Waals surface area contributed by atoms with Gasteiger partial charge in [-0.25, -0.2) is 4.39 Å². The molecule has 1 aromatic carbocycles. The van der Waals surface area contributed by atoms with Crippen molar-refractivity contribution in [2.75, 3.05) is 39.5 Å². The first-order valence-electron chi connectivity index (χ1n) is 10.2. The summed E-state index contributed by atoms with van der Waals surface area (Å²) in [7, 11) is 0. The lowest BCUT2D eigenvalue weighted by molar-refractivity contribution is 0.0211. The van der Waals surface area contributed by atoms with Gasteiger partial charge in [0.15, 0.2) is 5.82 Å². The molecule has 156 valence electrons. The highest BCUT2D eigenvalue weighted by Crippen LogP contribution is 2.27. The molecule has 8 heteroatoms. The Morgan fingerprint density at radius 2 is 2.07 bits per heavy atom. The molecule has 0 bridgehead atoms. The minimum absolute atomic E-state index is 0.0184. The largest absolute Gasteiger partial charge is 0.381 e. The van der Waals surface area contributed by atoms with Crippen LogP contribution >= 0.6 is 0 Å². The monoisotopic (exact) mass is 403 g/mol. The van der Waals surface area contributed by atoms with E-state index < -0.39 is 5.82 Å². The van der Waals surface area contributed by atoms with Gasteiger partial charge in [0.2, 0.25) is 5.89 Å². The van der Waals surface area contributed by atoms with Crippen molar-refractivity contribution >= 4 is 5.91 Å². The minimum Gasteiger partial charge on any atom is -0.381 e. The van der Waals surface area contributed by atoms with Gasteiger partial charge >= 0.3 is 0 Å². The maximum absolute atomic E-state index is 13.9. The van der Waals surface area contributed by atoms with Gasteiger partial charge in [0.25, 0.3) is 5.91 Å². The fourth-order valence-corrected chi connectivity index (χ4v) is 3.81. The van der Waals surface area contributed by atoms with Gasteiger partial charge in [-0.1, -0.05) is 17.3 Å². The number of halogens is 1. The third-order valence-corrected chi connectivity index (χ3v) is 5.58. The standard InChI is InChI=1S/C21H26FN3O4/c22-18-4-2-1-3-17(18)21(26)25-9-5-16(13-25)20-23-19(24-29-20)8-12-28-14-15-6-10-27-11-7-15/h1-4,15-16H,5-14H2. The summed E-state index contributed by atoms with van der Waals surface area (Å²) in [6.45, 7) is 3.93. The molecule has 1 amide bonds. The molecule has 1 atom stereocenters. The number of benzene rings is 1. The number of rotatable bonds is 7. The molecule has 0 spiro atoms. The summed E-state index contributed by atoms with van der Waals surface area (Å²) in [6.07, 6.45) is 3.42. The predicted octanol–water partition coefficient (Wildman–Crippen LogP) is 2.82. The van der Waals surface area contributed by atoms with Crippen molar-refractivity contribution in [3.63, 3.8) is 0 Å². The van der Waals surface area contributed by atoms with Crippen LogP contribution in [0.4, 0.5) is 4.39 Å². The molecule has 2 saturated heterocycles. The van der Waals surface area contributed by atoms with Crippen LogP contribution in [-0.4, -0.2) is 60.5 Å². The molecule has 3 heterocycles. The number of hydrogen-bond donors (Lipinski definition) is 0. The molecule has 1 aromatic heterocycles. The van der Waals surface area contributed by atoms with Crippen molar-refractivity contribution in [3.05, 3.63) is 47.4 Å². The molecule has 2 aromatic rings. The molecule has 2 fully saturated rings. The normalized spacial score (nSPS) is 20.3. The third-order valence-electron chi connectivity index (χ3n) is 5.58. The number of hydrogen-bond acceptors (Lipinski definition) is 6. The zero-order valence-electron chi connectivity index (χ0n) is 16.4. The molecule has 29 heavy (non-hydrogen) atoms. The number of amides is 1. The summed E-state index contributed by atoms with van der Waals surface area (Å²) >= 11 is 0. The van der Waals surface area contributed by atoms with E-state index in [1.807, 2.05) is 0 Å². The van der Waals surface area contributed by atoms with Crippen molar-refractivity contribution in [1.29, 1.82) is 0 Å². The second-order valence-electron chi connectivity index (χ2n) is 7.65. The van der Waals surface area contributed by atoms with Crippen LogP contribution in [-0.2, 0) is 15.9 Å². The number of nitrogens with zero attached hydrogens (tertiary/aromatic N) is 3. The Morgan fingerprint density at radius 1 is 1.24 bits per heavy atom. The fraction of sp³-hybridized carbons (Fsp3) is 0.571. The van der Waals surface area contributed by atoms with Gasteiger partial charge in [-0.05, 0) is 37.3 Å². The van der Waals surface area contributed by atoms with Gasteiger partial charge in [-0.3, -0.25) is 4.79 Å². The Hall–Kier alpha value is -2.32. The summed E-state index contributed by atoms with van der Waals surface area (Å²) < 4.78 is 30.4. The van der Waals surface area contributed by atoms with E-state index in [1.54, 1.807) is 17.0 Å². The average molecular weight is 403 g/mol. The van der Waals surface area contributed by atoms with E-state index in [0.717, 1.165) is 39.1 Å². The van der Waals surface area contributed by atoms with E-state index >= 15 is 0 Å². The van der Waals surface area contributed by atoms with Crippen LogP contribution in [0.3, 0.4) is 0 Å². The van der Waals surface area contributed by atoms with Crippen LogP contribution in [0, 0.1) is 11.7 Å². The molecular weight excluding hydrogens is 377 g/mol. The molecule has 7 nitrogen and oxygen atoms in total. The van der Waals surface area contributed by atoms with Crippen LogP contribution in [0.1, 0.15) is 47.3 Å². The molecule has 2 aliphatic rings. The Bertz CT molecular complexity index is 822. The molecule has 0 N–H and O–H groups in total. The van der Waals surface area contributed by atoms with Gasteiger partial charge in [0, 0.05) is 39.3 Å². The lowest BCUT2D eigenvalue weighted by Gasteiger charge is -2.21. The van der Waals surface area contributed by atoms with Crippen LogP contribution in [0.25, 0.3) is 0 Å². The predicted molar refractivity (Wildman–Crippen MR) is 102 cm³/mol. The average Bonchev–Trinajstić information content (AvgIpc) is 3.42. The summed E-state index contributed by atoms with van der Waals surface area (Å²) in [5.74, 6) is 0.906. The lowest BCUT2D eigenvalue weighted by atomic mass is 10.0. The third kappa shape index (κ3) is 5.00. The molecule has 1 unspecified atom stereocenters. The number of carbonyl (C=O) groups excluding carboxylic acids is 1. The molecule has 0 saturated carbocycles. The second-order valence-corrected chi connectivity index (χ2v) is 7.65. The first-order valence-corrected chi connectivity index (χ1v) is 10.2. The lowest BCUT2D eigenvalue weighted by Crippen LogP contribution is -2.29. The van der Waals surface area contributed by atoms with Crippen LogP contribution in [0.2, 0.25) is 0 Å². The highest BCUT2D eigenvalue weighted by atomic mass is 19.1. The Labute approximate surface area is 169 Å². The van der Waals surface area contributed by atoms with Crippen molar-refractivity contribution in [3.8, 4) is 0 Å². The van der Waals surface area contributed by atoms with Crippen LogP contribution < -0.4 is 0 Å². The van der Waals surface area contributed by atoms with Gasteiger partial charge in [0.05, 0.1) is 18.1 Å². The smallest absolute Gasteiger partial charge is 0.256 e. The zero-order chi connectivity index (χ0) is 20.1. The van der Waals surface area contributed by atoms with E-state index in [0.29, 0.717) is 43.8 Å². The summed E-state index contributed by atoms with van der Waals surface area (Å²) in [5, 5.41) is 4.04. The van der Waals surface area contributed by atoms with Gasteiger partial charge in [0.1, 0.15) is 5.82 Å². The zero-order valence-corrected chi connectivity index (χ0v) is 16.4. The molecule has 0 aliphatic carbocycles. The van der Waals surface area contributed by atoms with E-state index in [4.69, 9.17) is 14.0 Å². The van der Waals surface area contributed by atoms with Gasteiger partial charge in [-0.15, -0.1) is 0 Å². The van der Waals surface area contributed by atoms with E-state index in [2.05, 4.69) is 10.1 Å². The van der Waals surface area contributed by atoms with Gasteiger partial charge < -0.3 is 18.9 Å². The summed E-state index contributed by atoms with van der Waals surface area (Å²) in [6, 6.07) is 6.05. The second kappa shape index (κ2) is 9.45. The Morgan fingerprint density at radius 3 is 2.90 bits per heavy atom. The SMILES string of the molecule is O=C(c1ccccc1F)N1CCC(c2nc(CCOCC3CCOCC3)no2)C1. The van der Waals surface area contributed by atoms with E-state index in [-0.39, 0.29) is 17.4 Å². The number of likely N-dealkylation sites (tertiary alicyclic amines) is 1. The van der Waals surface area contributed by atoms with Gasteiger partial charge in [-0.2, -0.15) is 4.98 Å². The number of carbonyl (C=O) groups is 1. The molecule has 4 rings (SSSR count). The molecule has 2 aliphatic heterocycles. The van der Waals surface area contributed by atoms with E-state index in [1.165, 1.54) is 12.1 Å². The number of ether oxygens (including phenoxy) is 2. The van der Waals surface area contributed by atoms with E-state index in [9.17, 15) is 9.18 Å². The fourth-order valence-electron chi connectivity index (χ4n) is 3.81. The first-order chi connectivity index (χ1) is 14.2.